The Bertz CT molecular complexity index is 1140. The average molecular weight is 503 g/mol. The summed E-state index contributed by atoms with van der Waals surface area (Å²) in [5.41, 5.74) is 2.34. The number of rotatable bonds is 6. The summed E-state index contributed by atoms with van der Waals surface area (Å²) in [6.45, 7) is 8.67. The number of anilines is 4. The molecule has 0 aliphatic carbocycles. The first-order valence-corrected chi connectivity index (χ1v) is 13.2. The number of para-hydroxylation sites is 1. The summed E-state index contributed by atoms with van der Waals surface area (Å²) in [5.74, 6) is 3.11. The minimum absolute atomic E-state index is 0.503. The Labute approximate surface area is 218 Å². The van der Waals surface area contributed by atoms with Crippen molar-refractivity contribution in [3.05, 3.63) is 66.5 Å². The molecule has 0 unspecified atom stereocenters. The maximum atomic E-state index is 5.57. The van der Waals surface area contributed by atoms with Crippen LogP contribution >= 0.6 is 12.2 Å². The van der Waals surface area contributed by atoms with Crippen molar-refractivity contribution in [3.8, 4) is 0 Å². The SMILES string of the molecule is C[C@@H]1CCCN(c2cc(N3CCN(c4ccccc4)CC3)nc(NC(=S)NCc3cccnc3)n2)C1. The Hall–Kier alpha value is -3.46. The second kappa shape index (κ2) is 11.5. The van der Waals surface area contributed by atoms with Crippen LogP contribution in [0.5, 0.6) is 0 Å². The summed E-state index contributed by atoms with van der Waals surface area (Å²) in [6, 6.07) is 16.7. The number of thiocarbonyl (C=S) groups is 1. The third kappa shape index (κ3) is 6.20. The topological polar surface area (TPSA) is 72.5 Å². The number of nitrogens with zero attached hydrogens (tertiary/aromatic N) is 6. The predicted octanol–water partition coefficient (Wildman–Crippen LogP) is 3.92. The fourth-order valence-corrected chi connectivity index (χ4v) is 5.03. The number of nitrogens with one attached hydrogen (secondary N) is 2. The summed E-state index contributed by atoms with van der Waals surface area (Å²) < 4.78 is 0. The molecule has 1 aromatic carbocycles. The van der Waals surface area contributed by atoms with Gasteiger partial charge < -0.3 is 25.3 Å². The number of hydrogen-bond donors (Lipinski definition) is 2. The molecule has 2 aliphatic heterocycles. The summed E-state index contributed by atoms with van der Waals surface area (Å²) in [4.78, 5) is 21.1. The largest absolute Gasteiger partial charge is 0.368 e. The van der Waals surface area contributed by atoms with Crippen molar-refractivity contribution in [1.29, 1.82) is 0 Å². The molecule has 36 heavy (non-hydrogen) atoms. The summed E-state index contributed by atoms with van der Waals surface area (Å²) in [6.07, 6.45) is 6.05. The van der Waals surface area contributed by atoms with Gasteiger partial charge in [-0.2, -0.15) is 9.97 Å². The van der Waals surface area contributed by atoms with E-state index in [1.165, 1.54) is 18.5 Å². The van der Waals surface area contributed by atoms with Crippen LogP contribution in [0, 0.1) is 5.92 Å². The Morgan fingerprint density at radius 1 is 0.944 bits per heavy atom. The lowest BCUT2D eigenvalue weighted by atomic mass is 10.0. The highest BCUT2D eigenvalue weighted by Crippen LogP contribution is 2.27. The van der Waals surface area contributed by atoms with Crippen LogP contribution < -0.4 is 25.3 Å². The summed E-state index contributed by atoms with van der Waals surface area (Å²) in [5, 5.41) is 6.98. The second-order valence-electron chi connectivity index (χ2n) is 9.58. The van der Waals surface area contributed by atoms with Crippen molar-refractivity contribution in [2.45, 2.75) is 26.3 Å². The van der Waals surface area contributed by atoms with E-state index in [0.717, 1.165) is 56.5 Å². The van der Waals surface area contributed by atoms with Gasteiger partial charge >= 0.3 is 0 Å². The van der Waals surface area contributed by atoms with Gasteiger partial charge in [0, 0.05) is 70.0 Å². The molecular formula is C27H34N8S. The molecule has 2 N–H and O–H groups in total. The molecule has 0 saturated carbocycles. The van der Waals surface area contributed by atoms with E-state index in [9.17, 15) is 0 Å². The van der Waals surface area contributed by atoms with Crippen LogP contribution in [-0.2, 0) is 6.54 Å². The zero-order valence-electron chi connectivity index (χ0n) is 20.8. The van der Waals surface area contributed by atoms with Gasteiger partial charge in [-0.05, 0) is 54.7 Å². The molecule has 2 aliphatic rings. The minimum atomic E-state index is 0.503. The standard InChI is InChI=1S/C27H34N8S/c1-21-7-6-12-35(20-21)25-17-24(34-15-13-33(14-16-34)23-9-3-2-4-10-23)30-26(31-25)32-27(36)29-19-22-8-5-11-28-18-22/h2-5,8-11,17-18,21H,6-7,12-16,19-20H2,1H3,(H2,29,30,31,32,36)/t21-/m1/s1. The quantitative estimate of drug-likeness (QED) is 0.488. The van der Waals surface area contributed by atoms with Crippen molar-refractivity contribution in [1.82, 2.24) is 20.3 Å². The third-order valence-electron chi connectivity index (χ3n) is 6.81. The molecular weight excluding hydrogens is 468 g/mol. The van der Waals surface area contributed by atoms with Crippen molar-refractivity contribution < 1.29 is 0 Å². The van der Waals surface area contributed by atoms with Crippen molar-refractivity contribution in [3.63, 3.8) is 0 Å². The smallest absolute Gasteiger partial charge is 0.232 e. The lowest BCUT2D eigenvalue weighted by molar-refractivity contribution is 0.444. The first-order chi connectivity index (χ1) is 17.6. The highest BCUT2D eigenvalue weighted by Gasteiger charge is 2.23. The van der Waals surface area contributed by atoms with Crippen molar-refractivity contribution in [2.24, 2.45) is 5.92 Å². The molecule has 2 saturated heterocycles. The molecule has 0 radical (unpaired) electrons. The lowest BCUT2D eigenvalue weighted by Crippen LogP contribution is -2.47. The minimum Gasteiger partial charge on any atom is -0.368 e. The average Bonchev–Trinajstić information content (AvgIpc) is 2.93. The normalized spacial score (nSPS) is 18.1. The van der Waals surface area contributed by atoms with Gasteiger partial charge in [0.05, 0.1) is 0 Å². The van der Waals surface area contributed by atoms with Crippen LogP contribution in [0.25, 0.3) is 0 Å². The van der Waals surface area contributed by atoms with Gasteiger partial charge in [0.15, 0.2) is 5.11 Å². The van der Waals surface area contributed by atoms with E-state index in [0.29, 0.717) is 23.5 Å². The Morgan fingerprint density at radius 3 is 2.42 bits per heavy atom. The first kappa shape index (κ1) is 24.2. The second-order valence-corrected chi connectivity index (χ2v) is 9.99. The number of piperidine rings is 1. The summed E-state index contributed by atoms with van der Waals surface area (Å²) >= 11 is 5.57. The third-order valence-corrected chi connectivity index (χ3v) is 7.05. The van der Waals surface area contributed by atoms with Gasteiger partial charge in [0.25, 0.3) is 0 Å². The number of pyridine rings is 1. The van der Waals surface area contributed by atoms with Crippen molar-refractivity contribution >= 4 is 40.6 Å². The fraction of sp³-hybridized carbons (Fsp3) is 0.407. The monoisotopic (exact) mass is 502 g/mol. The van der Waals surface area contributed by atoms with E-state index in [1.807, 2.05) is 18.3 Å². The fourth-order valence-electron chi connectivity index (χ4n) is 4.86. The van der Waals surface area contributed by atoms with E-state index in [2.05, 4.69) is 73.6 Å². The molecule has 5 rings (SSSR count). The number of aromatic nitrogens is 3. The van der Waals surface area contributed by atoms with Gasteiger partial charge in [-0.3, -0.25) is 4.98 Å². The molecule has 0 amide bonds. The predicted molar refractivity (Wildman–Crippen MR) is 151 cm³/mol. The van der Waals surface area contributed by atoms with E-state index in [-0.39, 0.29) is 0 Å². The van der Waals surface area contributed by atoms with Gasteiger partial charge in [-0.15, -0.1) is 0 Å². The van der Waals surface area contributed by atoms with Gasteiger partial charge in [-0.25, -0.2) is 0 Å². The van der Waals surface area contributed by atoms with E-state index in [4.69, 9.17) is 22.2 Å². The van der Waals surface area contributed by atoms with E-state index in [1.54, 1.807) is 6.20 Å². The number of hydrogen-bond acceptors (Lipinski definition) is 7. The van der Waals surface area contributed by atoms with Crippen LogP contribution in [0.3, 0.4) is 0 Å². The van der Waals surface area contributed by atoms with Crippen LogP contribution in [-0.4, -0.2) is 59.3 Å². The highest BCUT2D eigenvalue weighted by molar-refractivity contribution is 7.80. The molecule has 1 atom stereocenters. The Balaban J connectivity index is 1.31. The Kier molecular flexibility index (Phi) is 7.76. The first-order valence-electron chi connectivity index (χ1n) is 12.8. The number of benzene rings is 1. The zero-order valence-corrected chi connectivity index (χ0v) is 21.6. The highest BCUT2D eigenvalue weighted by atomic mass is 32.1. The molecule has 8 nitrogen and oxygen atoms in total. The van der Waals surface area contributed by atoms with Crippen LogP contribution in [0.1, 0.15) is 25.3 Å². The van der Waals surface area contributed by atoms with E-state index >= 15 is 0 Å². The van der Waals surface area contributed by atoms with Gasteiger partial charge in [0.1, 0.15) is 11.6 Å². The lowest BCUT2D eigenvalue weighted by Gasteiger charge is -2.37. The van der Waals surface area contributed by atoms with Gasteiger partial charge in [-0.1, -0.05) is 31.2 Å². The van der Waals surface area contributed by atoms with Crippen molar-refractivity contribution in [2.75, 3.05) is 59.3 Å². The molecule has 9 heteroatoms. The molecule has 4 heterocycles. The molecule has 2 fully saturated rings. The maximum absolute atomic E-state index is 5.57. The molecule has 3 aromatic rings. The molecule has 2 aromatic heterocycles. The van der Waals surface area contributed by atoms with Crippen LogP contribution in [0.2, 0.25) is 0 Å². The molecule has 188 valence electrons. The maximum Gasteiger partial charge on any atom is 0.232 e. The van der Waals surface area contributed by atoms with Crippen LogP contribution in [0.15, 0.2) is 60.9 Å². The number of piperazine rings is 1. The zero-order chi connectivity index (χ0) is 24.7. The summed E-state index contributed by atoms with van der Waals surface area (Å²) in [7, 11) is 0. The molecule has 0 spiro atoms. The van der Waals surface area contributed by atoms with Crippen LogP contribution in [0.4, 0.5) is 23.3 Å². The molecule has 0 bridgehead atoms. The Morgan fingerprint density at radius 2 is 1.69 bits per heavy atom. The van der Waals surface area contributed by atoms with E-state index < -0.39 is 0 Å². The van der Waals surface area contributed by atoms with Gasteiger partial charge in [0.2, 0.25) is 5.95 Å².